The first-order valence-corrected chi connectivity index (χ1v) is 8.90. The van der Waals surface area contributed by atoms with Gasteiger partial charge in [0.15, 0.2) is 0 Å². The van der Waals surface area contributed by atoms with Crippen molar-refractivity contribution in [3.8, 4) is 11.3 Å². The summed E-state index contributed by atoms with van der Waals surface area (Å²) in [5.74, 6) is 0.868. The Hall–Kier alpha value is -1.91. The summed E-state index contributed by atoms with van der Waals surface area (Å²) in [7, 11) is 0. The number of rotatable bonds is 4. The minimum absolute atomic E-state index is 0.868. The Morgan fingerprint density at radius 1 is 1.09 bits per heavy atom. The lowest BCUT2D eigenvalue weighted by Crippen LogP contribution is -2.28. The lowest BCUT2D eigenvalue weighted by atomic mass is 10.1. The van der Waals surface area contributed by atoms with E-state index in [0.29, 0.717) is 0 Å². The quantitative estimate of drug-likeness (QED) is 0.860. The third kappa shape index (κ3) is 3.89. The van der Waals surface area contributed by atoms with Gasteiger partial charge in [0.25, 0.3) is 0 Å². The van der Waals surface area contributed by atoms with Gasteiger partial charge in [-0.25, -0.2) is 9.97 Å². The largest absolute Gasteiger partial charge is 0.341 e. The number of anilines is 1. The van der Waals surface area contributed by atoms with Crippen LogP contribution in [0.3, 0.4) is 0 Å². The predicted octanol–water partition coefficient (Wildman–Crippen LogP) is 3.83. The van der Waals surface area contributed by atoms with Crippen molar-refractivity contribution in [1.82, 2.24) is 19.7 Å². The average Bonchev–Trinajstić information content (AvgIpc) is 2.88. The van der Waals surface area contributed by atoms with E-state index in [1.807, 2.05) is 16.9 Å². The number of nitrogens with zero attached hydrogens (tertiary/aromatic N) is 5. The third-order valence-electron chi connectivity index (χ3n) is 4.46. The lowest BCUT2D eigenvalue weighted by Gasteiger charge is -2.24. The van der Waals surface area contributed by atoms with E-state index in [4.69, 9.17) is 4.98 Å². The van der Waals surface area contributed by atoms with Crippen LogP contribution in [0, 0.1) is 6.92 Å². The molecule has 0 saturated carbocycles. The second-order valence-electron chi connectivity index (χ2n) is 6.39. The predicted molar refractivity (Wildman–Crippen MR) is 93.6 cm³/mol. The van der Waals surface area contributed by atoms with Crippen LogP contribution in [0.15, 0.2) is 18.5 Å². The maximum atomic E-state index is 4.83. The van der Waals surface area contributed by atoms with Gasteiger partial charge in [-0.1, -0.05) is 26.2 Å². The molecule has 0 radical (unpaired) electrons. The Labute approximate surface area is 138 Å². The molecule has 0 amide bonds. The van der Waals surface area contributed by atoms with Crippen molar-refractivity contribution in [3.63, 3.8) is 0 Å². The zero-order valence-corrected chi connectivity index (χ0v) is 14.3. The molecule has 0 bridgehead atoms. The Balaban J connectivity index is 1.84. The van der Waals surface area contributed by atoms with E-state index in [1.54, 1.807) is 0 Å². The number of hydrogen-bond acceptors (Lipinski definition) is 4. The van der Waals surface area contributed by atoms with Gasteiger partial charge < -0.3 is 4.90 Å². The zero-order valence-electron chi connectivity index (χ0n) is 14.3. The van der Waals surface area contributed by atoms with Gasteiger partial charge in [0.1, 0.15) is 0 Å². The molecule has 1 fully saturated rings. The summed E-state index contributed by atoms with van der Waals surface area (Å²) in [6, 6.07) is 1.99. The fourth-order valence-electron chi connectivity index (χ4n) is 3.21. The summed E-state index contributed by atoms with van der Waals surface area (Å²) in [5, 5.41) is 4.59. The number of hydrogen-bond donors (Lipinski definition) is 0. The van der Waals surface area contributed by atoms with Gasteiger partial charge in [-0.05, 0) is 32.3 Å². The first-order valence-electron chi connectivity index (χ1n) is 8.90. The minimum Gasteiger partial charge on any atom is -0.341 e. The number of aromatic nitrogens is 4. The summed E-state index contributed by atoms with van der Waals surface area (Å²) in [4.78, 5) is 11.7. The standard InChI is InChI=1S/C18H27N5/c1-3-11-23-14-16(15(2)21-23)17-9-10-19-18(20-17)22-12-7-5-4-6-8-13-22/h9-10,14H,3-8,11-13H2,1-2H3. The Bertz CT molecular complexity index is 626. The summed E-state index contributed by atoms with van der Waals surface area (Å²) >= 11 is 0. The second kappa shape index (κ2) is 7.57. The van der Waals surface area contributed by atoms with E-state index in [1.165, 1.54) is 32.1 Å². The fraction of sp³-hybridized carbons (Fsp3) is 0.611. The Morgan fingerprint density at radius 3 is 2.57 bits per heavy atom. The molecule has 0 aromatic carbocycles. The van der Waals surface area contributed by atoms with Crippen LogP contribution < -0.4 is 4.90 Å². The van der Waals surface area contributed by atoms with Crippen molar-refractivity contribution in [2.45, 2.75) is 58.9 Å². The highest BCUT2D eigenvalue weighted by Crippen LogP contribution is 2.23. The Morgan fingerprint density at radius 2 is 1.83 bits per heavy atom. The van der Waals surface area contributed by atoms with Crippen LogP contribution in [0.2, 0.25) is 0 Å². The SMILES string of the molecule is CCCn1cc(-c2ccnc(N3CCCCCCC3)n2)c(C)n1. The molecule has 1 aliphatic rings. The highest BCUT2D eigenvalue weighted by Gasteiger charge is 2.14. The summed E-state index contributed by atoms with van der Waals surface area (Å²) in [6.45, 7) is 7.31. The molecule has 0 atom stereocenters. The fourth-order valence-corrected chi connectivity index (χ4v) is 3.21. The van der Waals surface area contributed by atoms with Crippen molar-refractivity contribution < 1.29 is 0 Å². The lowest BCUT2D eigenvalue weighted by molar-refractivity contribution is 0.550. The summed E-state index contributed by atoms with van der Waals surface area (Å²) in [5.41, 5.74) is 3.14. The molecular weight excluding hydrogens is 286 g/mol. The normalized spacial score (nSPS) is 16.2. The molecule has 23 heavy (non-hydrogen) atoms. The average molecular weight is 313 g/mol. The monoisotopic (exact) mass is 313 g/mol. The van der Waals surface area contributed by atoms with Crippen LogP contribution in [0.25, 0.3) is 11.3 Å². The molecule has 0 N–H and O–H groups in total. The molecule has 1 saturated heterocycles. The van der Waals surface area contributed by atoms with E-state index in [2.05, 4.69) is 35.0 Å². The van der Waals surface area contributed by atoms with Crippen molar-refractivity contribution in [1.29, 1.82) is 0 Å². The van der Waals surface area contributed by atoms with Crippen molar-refractivity contribution in [3.05, 3.63) is 24.2 Å². The molecule has 1 aliphatic heterocycles. The van der Waals surface area contributed by atoms with Gasteiger partial charge in [0, 0.05) is 37.6 Å². The first kappa shape index (κ1) is 16.0. The third-order valence-corrected chi connectivity index (χ3v) is 4.46. The maximum Gasteiger partial charge on any atom is 0.225 e. The van der Waals surface area contributed by atoms with E-state index >= 15 is 0 Å². The highest BCUT2D eigenvalue weighted by molar-refractivity contribution is 5.61. The van der Waals surface area contributed by atoms with Crippen LogP contribution in [0.4, 0.5) is 5.95 Å². The van der Waals surface area contributed by atoms with Crippen molar-refractivity contribution >= 4 is 5.95 Å². The molecular formula is C18H27N5. The molecule has 3 heterocycles. The van der Waals surface area contributed by atoms with Crippen molar-refractivity contribution in [2.24, 2.45) is 0 Å². The van der Waals surface area contributed by atoms with E-state index in [-0.39, 0.29) is 0 Å². The zero-order chi connectivity index (χ0) is 16.1. The molecule has 5 nitrogen and oxygen atoms in total. The van der Waals surface area contributed by atoms with E-state index < -0.39 is 0 Å². The van der Waals surface area contributed by atoms with Crippen LogP contribution in [-0.2, 0) is 6.54 Å². The van der Waals surface area contributed by atoms with Gasteiger partial charge in [0.05, 0.1) is 11.4 Å². The van der Waals surface area contributed by atoms with Gasteiger partial charge in [0.2, 0.25) is 5.95 Å². The molecule has 5 heteroatoms. The molecule has 0 unspecified atom stereocenters. The van der Waals surface area contributed by atoms with Crippen molar-refractivity contribution in [2.75, 3.05) is 18.0 Å². The minimum atomic E-state index is 0.868. The highest BCUT2D eigenvalue weighted by atomic mass is 15.3. The molecule has 3 rings (SSSR count). The molecule has 0 aliphatic carbocycles. The molecule has 2 aromatic rings. The first-order chi connectivity index (χ1) is 11.3. The topological polar surface area (TPSA) is 46.8 Å². The van der Waals surface area contributed by atoms with Gasteiger partial charge in [-0.2, -0.15) is 5.10 Å². The van der Waals surface area contributed by atoms with Gasteiger partial charge in [-0.3, -0.25) is 4.68 Å². The number of aryl methyl sites for hydroxylation is 2. The smallest absolute Gasteiger partial charge is 0.225 e. The summed E-state index contributed by atoms with van der Waals surface area (Å²) in [6.07, 6.45) is 11.6. The van der Waals surface area contributed by atoms with Crippen LogP contribution in [0.5, 0.6) is 0 Å². The molecule has 0 spiro atoms. The van der Waals surface area contributed by atoms with Crippen LogP contribution in [-0.4, -0.2) is 32.8 Å². The van der Waals surface area contributed by atoms with Gasteiger partial charge >= 0.3 is 0 Å². The van der Waals surface area contributed by atoms with E-state index in [9.17, 15) is 0 Å². The second-order valence-corrected chi connectivity index (χ2v) is 6.39. The Kier molecular flexibility index (Phi) is 5.26. The molecule has 124 valence electrons. The summed E-state index contributed by atoms with van der Waals surface area (Å²) < 4.78 is 2.02. The van der Waals surface area contributed by atoms with E-state index in [0.717, 1.165) is 49.0 Å². The van der Waals surface area contributed by atoms with Gasteiger partial charge in [-0.15, -0.1) is 0 Å². The molecule has 2 aromatic heterocycles. The van der Waals surface area contributed by atoms with Crippen LogP contribution in [0.1, 0.15) is 51.1 Å². The maximum absolute atomic E-state index is 4.83. The van der Waals surface area contributed by atoms with Crippen LogP contribution >= 0.6 is 0 Å².